The summed E-state index contributed by atoms with van der Waals surface area (Å²) in [6.45, 7) is 1.15. The van der Waals surface area contributed by atoms with E-state index in [1.807, 2.05) is 0 Å². The minimum atomic E-state index is -0.344. The molecule has 0 bridgehead atoms. The summed E-state index contributed by atoms with van der Waals surface area (Å²) >= 11 is 0. The van der Waals surface area contributed by atoms with Gasteiger partial charge in [-0.3, -0.25) is 9.59 Å². The highest BCUT2D eigenvalue weighted by Gasteiger charge is 2.29. The van der Waals surface area contributed by atoms with Crippen LogP contribution < -0.4 is 4.74 Å². The van der Waals surface area contributed by atoms with Crippen LogP contribution >= 0.6 is 0 Å². The van der Waals surface area contributed by atoms with E-state index in [-0.39, 0.29) is 18.3 Å². The SMILES string of the molecule is O=C(CCN1CCCC1=O)Oc1ccc(-c2noc(C3CC3)n2)cc1. The van der Waals surface area contributed by atoms with Gasteiger partial charge in [0.05, 0.1) is 6.42 Å². The van der Waals surface area contributed by atoms with Gasteiger partial charge in [0.2, 0.25) is 17.6 Å². The highest BCUT2D eigenvalue weighted by molar-refractivity contribution is 5.79. The maximum atomic E-state index is 11.9. The average molecular weight is 341 g/mol. The number of ether oxygens (including phenoxy) is 1. The molecule has 0 spiro atoms. The zero-order valence-electron chi connectivity index (χ0n) is 13.8. The van der Waals surface area contributed by atoms with Crippen LogP contribution in [0.5, 0.6) is 5.75 Å². The van der Waals surface area contributed by atoms with Gasteiger partial charge in [-0.2, -0.15) is 4.98 Å². The lowest BCUT2D eigenvalue weighted by Gasteiger charge is -2.14. The molecule has 0 atom stereocenters. The van der Waals surface area contributed by atoms with E-state index in [1.54, 1.807) is 29.2 Å². The number of amides is 1. The minimum Gasteiger partial charge on any atom is -0.426 e. The molecule has 0 unspecified atom stereocenters. The van der Waals surface area contributed by atoms with Crippen LogP contribution in [0.3, 0.4) is 0 Å². The largest absolute Gasteiger partial charge is 0.426 e. The van der Waals surface area contributed by atoms with E-state index in [1.165, 1.54) is 0 Å². The first-order chi connectivity index (χ1) is 12.2. The number of carbonyl (C=O) groups excluding carboxylic acids is 2. The van der Waals surface area contributed by atoms with Gasteiger partial charge in [0, 0.05) is 31.0 Å². The zero-order valence-corrected chi connectivity index (χ0v) is 13.8. The number of carbonyl (C=O) groups is 2. The van der Waals surface area contributed by atoms with E-state index in [4.69, 9.17) is 9.26 Å². The summed E-state index contributed by atoms with van der Waals surface area (Å²) in [6.07, 6.45) is 3.87. The maximum absolute atomic E-state index is 11.9. The molecule has 2 fully saturated rings. The van der Waals surface area contributed by atoms with Crippen molar-refractivity contribution in [1.29, 1.82) is 0 Å². The molecule has 0 radical (unpaired) electrons. The fourth-order valence-corrected chi connectivity index (χ4v) is 2.87. The fraction of sp³-hybridized carbons (Fsp3) is 0.444. The Labute approximate surface area is 145 Å². The molecule has 1 aromatic carbocycles. The van der Waals surface area contributed by atoms with Crippen molar-refractivity contribution >= 4 is 11.9 Å². The zero-order chi connectivity index (χ0) is 17.2. The molecular formula is C18H19N3O4. The van der Waals surface area contributed by atoms with Crippen molar-refractivity contribution in [2.24, 2.45) is 0 Å². The van der Waals surface area contributed by atoms with Crippen LogP contribution in [0.25, 0.3) is 11.4 Å². The monoisotopic (exact) mass is 341 g/mol. The van der Waals surface area contributed by atoms with Gasteiger partial charge in [-0.25, -0.2) is 0 Å². The Kier molecular flexibility index (Phi) is 4.21. The van der Waals surface area contributed by atoms with Crippen molar-refractivity contribution in [1.82, 2.24) is 15.0 Å². The van der Waals surface area contributed by atoms with Gasteiger partial charge in [0.15, 0.2) is 0 Å². The van der Waals surface area contributed by atoms with E-state index in [0.717, 1.165) is 31.4 Å². The van der Waals surface area contributed by atoms with Crippen LogP contribution in [0.1, 0.15) is 43.9 Å². The van der Waals surface area contributed by atoms with Gasteiger partial charge in [0.25, 0.3) is 0 Å². The number of rotatable bonds is 6. The molecule has 1 amide bonds. The first-order valence-corrected chi connectivity index (χ1v) is 8.61. The van der Waals surface area contributed by atoms with Crippen molar-refractivity contribution in [3.63, 3.8) is 0 Å². The van der Waals surface area contributed by atoms with Gasteiger partial charge in [-0.1, -0.05) is 5.16 Å². The van der Waals surface area contributed by atoms with E-state index in [0.29, 0.717) is 36.3 Å². The summed E-state index contributed by atoms with van der Waals surface area (Å²) < 4.78 is 10.6. The second-order valence-electron chi connectivity index (χ2n) is 6.46. The quantitative estimate of drug-likeness (QED) is 0.593. The van der Waals surface area contributed by atoms with E-state index in [9.17, 15) is 9.59 Å². The Bertz CT molecular complexity index is 780. The van der Waals surface area contributed by atoms with Crippen molar-refractivity contribution in [2.75, 3.05) is 13.1 Å². The van der Waals surface area contributed by atoms with Gasteiger partial charge in [-0.15, -0.1) is 0 Å². The second-order valence-corrected chi connectivity index (χ2v) is 6.46. The number of esters is 1. The Morgan fingerprint density at radius 1 is 1.28 bits per heavy atom. The number of aromatic nitrogens is 2. The number of likely N-dealkylation sites (tertiary alicyclic amines) is 1. The van der Waals surface area contributed by atoms with Crippen LogP contribution in [0.15, 0.2) is 28.8 Å². The molecule has 2 heterocycles. The molecule has 1 aliphatic heterocycles. The highest BCUT2D eigenvalue weighted by atomic mass is 16.5. The molecule has 1 saturated carbocycles. The third-order valence-electron chi connectivity index (χ3n) is 4.47. The number of benzene rings is 1. The van der Waals surface area contributed by atoms with Gasteiger partial charge in [0.1, 0.15) is 5.75 Å². The Morgan fingerprint density at radius 3 is 2.76 bits per heavy atom. The molecule has 0 N–H and O–H groups in total. The lowest BCUT2D eigenvalue weighted by Crippen LogP contribution is -2.28. The standard InChI is InChI=1S/C18H19N3O4/c22-15-2-1-10-21(15)11-9-16(23)24-14-7-5-12(6-8-14)17-19-18(25-20-17)13-3-4-13/h5-8,13H,1-4,9-11H2. The van der Waals surface area contributed by atoms with Crippen molar-refractivity contribution in [3.8, 4) is 17.1 Å². The molecule has 2 aliphatic rings. The second kappa shape index (κ2) is 6.66. The predicted octanol–water partition coefficient (Wildman–Crippen LogP) is 2.53. The van der Waals surface area contributed by atoms with Crippen LogP contribution in [0.2, 0.25) is 0 Å². The maximum Gasteiger partial charge on any atom is 0.312 e. The molecule has 7 heteroatoms. The topological polar surface area (TPSA) is 85.5 Å². The lowest BCUT2D eigenvalue weighted by atomic mass is 10.2. The molecule has 4 rings (SSSR count). The van der Waals surface area contributed by atoms with Crippen LogP contribution in [-0.4, -0.2) is 40.0 Å². The average Bonchev–Trinajstić information content (AvgIpc) is 3.20. The first kappa shape index (κ1) is 15.8. The summed E-state index contributed by atoms with van der Waals surface area (Å²) in [5, 5.41) is 3.99. The summed E-state index contributed by atoms with van der Waals surface area (Å²) in [4.78, 5) is 29.5. The predicted molar refractivity (Wildman–Crippen MR) is 87.8 cm³/mol. The van der Waals surface area contributed by atoms with Crippen molar-refractivity contribution < 1.29 is 18.8 Å². The Balaban J connectivity index is 1.31. The molecular weight excluding hydrogens is 322 g/mol. The Hall–Kier alpha value is -2.70. The lowest BCUT2D eigenvalue weighted by molar-refractivity contribution is -0.135. The van der Waals surface area contributed by atoms with E-state index >= 15 is 0 Å². The molecule has 1 saturated heterocycles. The number of hydrogen-bond acceptors (Lipinski definition) is 6. The summed E-state index contributed by atoms with van der Waals surface area (Å²) in [6, 6.07) is 7.02. The van der Waals surface area contributed by atoms with Crippen LogP contribution in [-0.2, 0) is 9.59 Å². The molecule has 25 heavy (non-hydrogen) atoms. The van der Waals surface area contributed by atoms with Gasteiger partial charge >= 0.3 is 5.97 Å². The molecule has 130 valence electrons. The molecule has 1 aliphatic carbocycles. The minimum absolute atomic E-state index is 0.114. The summed E-state index contributed by atoms with van der Waals surface area (Å²) in [7, 11) is 0. The van der Waals surface area contributed by atoms with Crippen molar-refractivity contribution in [2.45, 2.75) is 38.0 Å². The van der Waals surface area contributed by atoms with Gasteiger partial charge in [-0.05, 0) is 43.5 Å². The summed E-state index contributed by atoms with van der Waals surface area (Å²) in [5.41, 5.74) is 0.818. The van der Waals surface area contributed by atoms with Gasteiger partial charge < -0.3 is 14.2 Å². The first-order valence-electron chi connectivity index (χ1n) is 8.61. The molecule has 1 aromatic heterocycles. The normalized spacial score (nSPS) is 17.1. The smallest absolute Gasteiger partial charge is 0.312 e. The van der Waals surface area contributed by atoms with E-state index in [2.05, 4.69) is 10.1 Å². The number of nitrogens with zero attached hydrogens (tertiary/aromatic N) is 3. The third kappa shape index (κ3) is 3.70. The molecule has 7 nitrogen and oxygen atoms in total. The highest BCUT2D eigenvalue weighted by Crippen LogP contribution is 2.39. The van der Waals surface area contributed by atoms with Crippen LogP contribution in [0.4, 0.5) is 0 Å². The number of hydrogen-bond donors (Lipinski definition) is 0. The van der Waals surface area contributed by atoms with E-state index < -0.39 is 0 Å². The fourth-order valence-electron chi connectivity index (χ4n) is 2.87. The summed E-state index contributed by atoms with van der Waals surface area (Å²) in [5.74, 6) is 1.90. The molecule has 2 aromatic rings. The van der Waals surface area contributed by atoms with Crippen molar-refractivity contribution in [3.05, 3.63) is 30.2 Å². The Morgan fingerprint density at radius 2 is 2.08 bits per heavy atom. The third-order valence-corrected chi connectivity index (χ3v) is 4.47. The van der Waals surface area contributed by atoms with Crippen LogP contribution in [0, 0.1) is 0 Å².